The van der Waals surface area contributed by atoms with E-state index in [1.807, 2.05) is 22.8 Å². The first kappa shape index (κ1) is 23.7. The van der Waals surface area contributed by atoms with Gasteiger partial charge < -0.3 is 19.4 Å². The van der Waals surface area contributed by atoms with Gasteiger partial charge in [-0.05, 0) is 48.9 Å². The molecule has 0 bridgehead atoms. The second-order valence-electron chi connectivity index (χ2n) is 10.0. The van der Waals surface area contributed by atoms with Gasteiger partial charge in [0.1, 0.15) is 0 Å². The lowest BCUT2D eigenvalue weighted by Gasteiger charge is -2.42. The zero-order valence-electron chi connectivity index (χ0n) is 21.3. The first-order chi connectivity index (χ1) is 16.9. The summed E-state index contributed by atoms with van der Waals surface area (Å²) >= 11 is 0. The molecule has 1 amide bonds. The minimum absolute atomic E-state index is 0.128. The van der Waals surface area contributed by atoms with E-state index in [-0.39, 0.29) is 5.91 Å². The first-order valence-corrected chi connectivity index (χ1v) is 12.8. The second kappa shape index (κ2) is 9.90. The number of aromatic nitrogens is 2. The lowest BCUT2D eigenvalue weighted by molar-refractivity contribution is -0.128. The molecular weight excluding hydrogens is 438 g/mol. The normalized spacial score (nSPS) is 19.1. The Labute approximate surface area is 208 Å². The fourth-order valence-corrected chi connectivity index (χ4v) is 5.75. The van der Waals surface area contributed by atoms with Crippen LogP contribution in [0.3, 0.4) is 0 Å². The lowest BCUT2D eigenvalue weighted by atomic mass is 9.94. The molecule has 3 aliphatic rings. The van der Waals surface area contributed by atoms with Crippen LogP contribution in [0.4, 0.5) is 5.69 Å². The second-order valence-corrected chi connectivity index (χ2v) is 10.0. The zero-order valence-corrected chi connectivity index (χ0v) is 21.3. The van der Waals surface area contributed by atoms with E-state index in [9.17, 15) is 4.79 Å². The number of carbonyl (C=O) groups excluding carboxylic acids is 1. The van der Waals surface area contributed by atoms with Gasteiger partial charge in [0.2, 0.25) is 5.91 Å². The number of carbonyl (C=O) groups is 1. The predicted molar refractivity (Wildman–Crippen MR) is 139 cm³/mol. The summed E-state index contributed by atoms with van der Waals surface area (Å²) < 4.78 is 7.45. The molecule has 0 aliphatic carbocycles. The summed E-state index contributed by atoms with van der Waals surface area (Å²) in [6.45, 7) is 10.3. The van der Waals surface area contributed by atoms with E-state index >= 15 is 0 Å². The number of rotatable bonds is 5. The van der Waals surface area contributed by atoms with Crippen molar-refractivity contribution in [3.8, 4) is 11.1 Å². The largest absolute Gasteiger partial charge is 0.381 e. The molecule has 1 fully saturated rings. The van der Waals surface area contributed by atoms with E-state index in [4.69, 9.17) is 4.74 Å². The Kier molecular flexibility index (Phi) is 6.69. The standard InChI is InChI=1S/C28H37N5O2/c1-20(26-19-32(21(2)34)13-9-28(26)31(4)25-10-14-35-15-11-25)33-12-5-6-23-16-22(7-8-27(23)33)24-17-29-30(3)18-24/h7-8,16-18,25H,1,5-6,9-15,19H2,2-4H3. The van der Waals surface area contributed by atoms with Gasteiger partial charge in [-0.3, -0.25) is 9.48 Å². The highest BCUT2D eigenvalue weighted by molar-refractivity contribution is 5.75. The molecule has 0 atom stereocenters. The number of aryl methyl sites for hydroxylation is 2. The third-order valence-electron chi connectivity index (χ3n) is 7.84. The van der Waals surface area contributed by atoms with E-state index in [1.54, 1.807) is 6.92 Å². The molecule has 5 rings (SSSR count). The third kappa shape index (κ3) is 4.74. The molecule has 0 spiro atoms. The monoisotopic (exact) mass is 475 g/mol. The molecule has 1 saturated heterocycles. The van der Waals surface area contributed by atoms with Gasteiger partial charge >= 0.3 is 0 Å². The van der Waals surface area contributed by atoms with Gasteiger partial charge in [0.05, 0.1) is 6.20 Å². The maximum absolute atomic E-state index is 12.3. The van der Waals surface area contributed by atoms with Crippen molar-refractivity contribution in [1.29, 1.82) is 0 Å². The van der Waals surface area contributed by atoms with Crippen LogP contribution in [0.15, 0.2) is 54.1 Å². The van der Waals surface area contributed by atoms with Crippen LogP contribution in [-0.2, 0) is 23.0 Å². The predicted octanol–water partition coefficient (Wildman–Crippen LogP) is 3.97. The highest BCUT2D eigenvalue weighted by Gasteiger charge is 2.31. The summed E-state index contributed by atoms with van der Waals surface area (Å²) in [5, 5.41) is 4.34. The van der Waals surface area contributed by atoms with Crippen LogP contribution in [0.1, 0.15) is 38.2 Å². The average Bonchev–Trinajstić information content (AvgIpc) is 3.33. The molecule has 7 nitrogen and oxygen atoms in total. The number of benzene rings is 1. The molecule has 0 unspecified atom stereocenters. The molecule has 0 saturated carbocycles. The Morgan fingerprint density at radius 1 is 1.17 bits per heavy atom. The van der Waals surface area contributed by atoms with Crippen LogP contribution in [0, 0.1) is 0 Å². The highest BCUT2D eigenvalue weighted by atomic mass is 16.5. The van der Waals surface area contributed by atoms with Crippen molar-refractivity contribution in [3.63, 3.8) is 0 Å². The van der Waals surface area contributed by atoms with Crippen molar-refractivity contribution in [1.82, 2.24) is 19.6 Å². The molecule has 4 heterocycles. The van der Waals surface area contributed by atoms with E-state index in [1.165, 1.54) is 28.1 Å². The maximum Gasteiger partial charge on any atom is 0.219 e. The Morgan fingerprint density at radius 3 is 2.69 bits per heavy atom. The number of ether oxygens (including phenoxy) is 1. The van der Waals surface area contributed by atoms with E-state index in [2.05, 4.69) is 52.9 Å². The van der Waals surface area contributed by atoms with Crippen molar-refractivity contribution in [2.24, 2.45) is 7.05 Å². The summed E-state index contributed by atoms with van der Waals surface area (Å²) in [6, 6.07) is 7.20. The Bertz CT molecular complexity index is 1140. The van der Waals surface area contributed by atoms with Gasteiger partial charge in [0.25, 0.3) is 0 Å². The number of amides is 1. The third-order valence-corrected chi connectivity index (χ3v) is 7.84. The van der Waals surface area contributed by atoms with E-state index in [0.717, 1.165) is 69.7 Å². The van der Waals surface area contributed by atoms with Gasteiger partial charge in [-0.25, -0.2) is 0 Å². The fraction of sp³-hybridized carbons (Fsp3) is 0.500. The lowest BCUT2D eigenvalue weighted by Crippen LogP contribution is -2.44. The number of hydrogen-bond donors (Lipinski definition) is 0. The van der Waals surface area contributed by atoms with Crippen molar-refractivity contribution in [2.75, 3.05) is 44.8 Å². The van der Waals surface area contributed by atoms with Crippen LogP contribution in [-0.4, -0.2) is 71.4 Å². The topological polar surface area (TPSA) is 53.8 Å². The van der Waals surface area contributed by atoms with Crippen molar-refractivity contribution in [3.05, 3.63) is 59.7 Å². The van der Waals surface area contributed by atoms with Crippen LogP contribution < -0.4 is 4.90 Å². The van der Waals surface area contributed by atoms with Crippen molar-refractivity contribution >= 4 is 11.6 Å². The molecule has 1 aromatic carbocycles. The summed E-state index contributed by atoms with van der Waals surface area (Å²) in [6.07, 6.45) is 9.06. The Balaban J connectivity index is 1.47. The number of hydrogen-bond acceptors (Lipinski definition) is 5. The number of anilines is 1. The SMILES string of the molecule is C=C(C1=C(N(C)C2CCOCC2)CCN(C(C)=O)C1)N1CCCc2cc(-c3cnn(C)c3)ccc21. The quantitative estimate of drug-likeness (QED) is 0.655. The average molecular weight is 476 g/mol. The van der Waals surface area contributed by atoms with Gasteiger partial charge in [-0.15, -0.1) is 0 Å². The molecule has 2 aromatic rings. The van der Waals surface area contributed by atoms with Gasteiger partial charge in [0, 0.05) is 101 Å². The number of fused-ring (bicyclic) bond motifs is 1. The van der Waals surface area contributed by atoms with Gasteiger partial charge in [-0.1, -0.05) is 12.6 Å². The summed E-state index contributed by atoms with van der Waals surface area (Å²) in [5.74, 6) is 0.128. The molecule has 0 N–H and O–H groups in total. The Hall–Kier alpha value is -3.06. The Morgan fingerprint density at radius 2 is 1.97 bits per heavy atom. The van der Waals surface area contributed by atoms with Crippen LogP contribution >= 0.6 is 0 Å². The molecular formula is C28H37N5O2. The van der Waals surface area contributed by atoms with Gasteiger partial charge in [0.15, 0.2) is 0 Å². The maximum atomic E-state index is 12.3. The minimum atomic E-state index is 0.128. The van der Waals surface area contributed by atoms with Crippen molar-refractivity contribution in [2.45, 2.75) is 45.1 Å². The molecule has 0 radical (unpaired) electrons. The van der Waals surface area contributed by atoms with Crippen LogP contribution in [0.2, 0.25) is 0 Å². The van der Waals surface area contributed by atoms with Crippen LogP contribution in [0.5, 0.6) is 0 Å². The summed E-state index contributed by atoms with van der Waals surface area (Å²) in [5.41, 5.74) is 8.47. The number of nitrogens with zero attached hydrogens (tertiary/aromatic N) is 5. The smallest absolute Gasteiger partial charge is 0.219 e. The summed E-state index contributed by atoms with van der Waals surface area (Å²) in [7, 11) is 4.16. The molecule has 3 aliphatic heterocycles. The van der Waals surface area contributed by atoms with Crippen molar-refractivity contribution < 1.29 is 9.53 Å². The van der Waals surface area contributed by atoms with E-state index in [0.29, 0.717) is 12.6 Å². The summed E-state index contributed by atoms with van der Waals surface area (Å²) in [4.78, 5) is 19.1. The van der Waals surface area contributed by atoms with Crippen LogP contribution in [0.25, 0.3) is 11.1 Å². The molecule has 186 valence electrons. The molecule has 7 heteroatoms. The van der Waals surface area contributed by atoms with E-state index < -0.39 is 0 Å². The van der Waals surface area contributed by atoms with Gasteiger partial charge in [-0.2, -0.15) is 5.10 Å². The highest BCUT2D eigenvalue weighted by Crippen LogP contribution is 2.37. The molecule has 1 aromatic heterocycles. The zero-order chi connectivity index (χ0) is 24.5. The first-order valence-electron chi connectivity index (χ1n) is 12.8. The minimum Gasteiger partial charge on any atom is -0.381 e. The molecule has 35 heavy (non-hydrogen) atoms. The fourth-order valence-electron chi connectivity index (χ4n) is 5.75.